The van der Waals surface area contributed by atoms with Gasteiger partial charge in [-0.1, -0.05) is 12.7 Å². The minimum absolute atomic E-state index is 0.00519. The van der Waals surface area contributed by atoms with Gasteiger partial charge in [0.2, 0.25) is 0 Å². The number of hydrogen-bond donors (Lipinski definition) is 1. The molecule has 1 aromatic carbocycles. The second-order valence-corrected chi connectivity index (χ2v) is 2.61. The maximum absolute atomic E-state index is 10.5. The van der Waals surface area contributed by atoms with Crippen molar-refractivity contribution < 1.29 is 9.90 Å². The zero-order valence-corrected chi connectivity index (χ0v) is 6.87. The fraction of sp³-hybridized carbons (Fsp3) is 0.100. The van der Waals surface area contributed by atoms with E-state index >= 15 is 0 Å². The summed E-state index contributed by atoms with van der Waals surface area (Å²) >= 11 is 0. The van der Waals surface area contributed by atoms with Crippen molar-refractivity contribution >= 4 is 12.4 Å². The van der Waals surface area contributed by atoms with Crippen molar-refractivity contribution in [1.29, 1.82) is 0 Å². The smallest absolute Gasteiger partial charge is 0.153 e. The van der Waals surface area contributed by atoms with Gasteiger partial charge in [-0.3, -0.25) is 4.79 Å². The number of hydrogen-bond acceptors (Lipinski definition) is 2. The van der Waals surface area contributed by atoms with Gasteiger partial charge in [-0.05, 0) is 24.6 Å². The summed E-state index contributed by atoms with van der Waals surface area (Å²) in [5, 5.41) is 9.41. The van der Waals surface area contributed by atoms with E-state index in [1.54, 1.807) is 12.1 Å². The number of rotatable bonds is 2. The lowest BCUT2D eigenvalue weighted by molar-refractivity contribution is 0.112. The third kappa shape index (κ3) is 1.37. The summed E-state index contributed by atoms with van der Waals surface area (Å²) in [6, 6.07) is 3.41. The average molecular weight is 162 g/mol. The predicted octanol–water partition coefficient (Wildman–Crippen LogP) is 2.16. The fourth-order valence-corrected chi connectivity index (χ4v) is 1.08. The lowest BCUT2D eigenvalue weighted by atomic mass is 10.1. The number of aromatic hydroxyl groups is 1. The number of carbonyl (C=O) groups is 1. The number of benzene rings is 1. The molecule has 0 bridgehead atoms. The third-order valence-corrected chi connectivity index (χ3v) is 1.66. The van der Waals surface area contributed by atoms with Gasteiger partial charge < -0.3 is 5.11 Å². The van der Waals surface area contributed by atoms with E-state index < -0.39 is 0 Å². The molecule has 0 heterocycles. The standard InChI is InChI=1S/C10H10O2/c1-3-8-4-7(2)5-9(6-11)10(8)12/h3-6,12H,1H2,2H3. The summed E-state index contributed by atoms with van der Waals surface area (Å²) in [5.41, 5.74) is 1.84. The van der Waals surface area contributed by atoms with Crippen molar-refractivity contribution in [2.24, 2.45) is 0 Å². The highest BCUT2D eigenvalue weighted by Crippen LogP contribution is 2.23. The van der Waals surface area contributed by atoms with Gasteiger partial charge in [0.25, 0.3) is 0 Å². The van der Waals surface area contributed by atoms with Crippen molar-refractivity contribution in [1.82, 2.24) is 0 Å². The Morgan fingerprint density at radius 3 is 2.50 bits per heavy atom. The molecule has 0 aliphatic carbocycles. The third-order valence-electron chi connectivity index (χ3n) is 1.66. The highest BCUT2D eigenvalue weighted by molar-refractivity contribution is 5.82. The van der Waals surface area contributed by atoms with Crippen LogP contribution in [-0.2, 0) is 0 Å². The van der Waals surface area contributed by atoms with Crippen molar-refractivity contribution in [2.45, 2.75) is 6.92 Å². The molecule has 0 radical (unpaired) electrons. The van der Waals surface area contributed by atoms with E-state index in [1.165, 1.54) is 6.08 Å². The maximum Gasteiger partial charge on any atom is 0.153 e. The molecular formula is C10H10O2. The van der Waals surface area contributed by atoms with Crippen LogP contribution in [0.4, 0.5) is 0 Å². The number of aryl methyl sites for hydroxylation is 1. The van der Waals surface area contributed by atoms with E-state index in [4.69, 9.17) is 0 Å². The number of phenolic OH excluding ortho intramolecular Hbond substituents is 1. The minimum Gasteiger partial charge on any atom is -0.507 e. The Labute approximate surface area is 71.2 Å². The highest BCUT2D eigenvalue weighted by Gasteiger charge is 2.04. The quantitative estimate of drug-likeness (QED) is 0.676. The summed E-state index contributed by atoms with van der Waals surface area (Å²) in [6.45, 7) is 5.39. The first-order valence-corrected chi connectivity index (χ1v) is 3.60. The SMILES string of the molecule is C=Cc1cc(C)cc(C=O)c1O. The molecule has 0 atom stereocenters. The molecule has 12 heavy (non-hydrogen) atoms. The Hall–Kier alpha value is -1.57. The van der Waals surface area contributed by atoms with Crippen molar-refractivity contribution in [3.63, 3.8) is 0 Å². The molecule has 0 unspecified atom stereocenters. The molecule has 0 fully saturated rings. The van der Waals surface area contributed by atoms with E-state index in [0.29, 0.717) is 17.4 Å². The first-order chi connectivity index (χ1) is 5.69. The van der Waals surface area contributed by atoms with Crippen LogP contribution in [0.25, 0.3) is 6.08 Å². The van der Waals surface area contributed by atoms with Crippen LogP contribution in [0.3, 0.4) is 0 Å². The van der Waals surface area contributed by atoms with Crippen molar-refractivity contribution in [3.05, 3.63) is 35.4 Å². The van der Waals surface area contributed by atoms with Crippen LogP contribution < -0.4 is 0 Å². The van der Waals surface area contributed by atoms with Crippen molar-refractivity contribution in [2.75, 3.05) is 0 Å². The van der Waals surface area contributed by atoms with Crippen LogP contribution >= 0.6 is 0 Å². The van der Waals surface area contributed by atoms with Gasteiger partial charge in [0.15, 0.2) is 6.29 Å². The molecule has 2 heteroatoms. The normalized spacial score (nSPS) is 9.42. The number of carbonyl (C=O) groups excluding carboxylic acids is 1. The molecular weight excluding hydrogens is 152 g/mol. The van der Waals surface area contributed by atoms with E-state index in [9.17, 15) is 9.90 Å². The summed E-state index contributed by atoms with van der Waals surface area (Å²) < 4.78 is 0. The molecule has 0 aromatic heterocycles. The van der Waals surface area contributed by atoms with Gasteiger partial charge in [0, 0.05) is 5.56 Å². The van der Waals surface area contributed by atoms with Crippen molar-refractivity contribution in [3.8, 4) is 5.75 Å². The molecule has 1 N–H and O–H groups in total. The molecule has 0 saturated heterocycles. The molecule has 2 nitrogen and oxygen atoms in total. The summed E-state index contributed by atoms with van der Waals surface area (Å²) in [6.07, 6.45) is 2.16. The van der Waals surface area contributed by atoms with Gasteiger partial charge in [-0.15, -0.1) is 0 Å². The largest absolute Gasteiger partial charge is 0.507 e. The first-order valence-electron chi connectivity index (χ1n) is 3.60. The van der Waals surface area contributed by atoms with Crippen LogP contribution in [0.5, 0.6) is 5.75 Å². The Balaban J connectivity index is 3.41. The van der Waals surface area contributed by atoms with Gasteiger partial charge >= 0.3 is 0 Å². The number of phenols is 1. The Morgan fingerprint density at radius 1 is 1.42 bits per heavy atom. The molecule has 1 aromatic rings. The second-order valence-electron chi connectivity index (χ2n) is 2.61. The van der Waals surface area contributed by atoms with Crippen LogP contribution in [-0.4, -0.2) is 11.4 Å². The Morgan fingerprint density at radius 2 is 2.00 bits per heavy atom. The van der Waals surface area contributed by atoms with Gasteiger partial charge in [-0.2, -0.15) is 0 Å². The van der Waals surface area contributed by atoms with Crippen LogP contribution in [0, 0.1) is 6.92 Å². The summed E-state index contributed by atoms with van der Waals surface area (Å²) in [5.74, 6) is 0.00519. The van der Waals surface area contributed by atoms with Crippen LogP contribution in [0.1, 0.15) is 21.5 Å². The zero-order chi connectivity index (χ0) is 9.14. The van der Waals surface area contributed by atoms with Crippen LogP contribution in [0.2, 0.25) is 0 Å². The van der Waals surface area contributed by atoms with Gasteiger partial charge in [0.1, 0.15) is 5.75 Å². The molecule has 0 amide bonds. The van der Waals surface area contributed by atoms with Gasteiger partial charge in [0.05, 0.1) is 5.56 Å². The fourth-order valence-electron chi connectivity index (χ4n) is 1.08. The highest BCUT2D eigenvalue weighted by atomic mass is 16.3. The maximum atomic E-state index is 10.5. The Bertz CT molecular complexity index is 298. The lowest BCUT2D eigenvalue weighted by Crippen LogP contribution is -1.86. The first kappa shape index (κ1) is 8.53. The van der Waals surface area contributed by atoms with E-state index in [2.05, 4.69) is 6.58 Å². The molecule has 0 saturated carbocycles. The number of aldehydes is 1. The Kier molecular flexibility index (Phi) is 2.29. The second kappa shape index (κ2) is 3.22. The molecule has 62 valence electrons. The monoisotopic (exact) mass is 162 g/mol. The summed E-state index contributed by atoms with van der Waals surface area (Å²) in [4.78, 5) is 10.5. The molecule has 0 aliphatic rings. The zero-order valence-electron chi connectivity index (χ0n) is 6.87. The van der Waals surface area contributed by atoms with E-state index in [0.717, 1.165) is 5.56 Å². The lowest BCUT2D eigenvalue weighted by Gasteiger charge is -2.03. The average Bonchev–Trinajstić information content (AvgIpc) is 2.08. The predicted molar refractivity (Wildman–Crippen MR) is 48.3 cm³/mol. The summed E-state index contributed by atoms with van der Waals surface area (Å²) in [7, 11) is 0. The minimum atomic E-state index is 0.00519. The molecule has 0 spiro atoms. The topological polar surface area (TPSA) is 37.3 Å². The van der Waals surface area contributed by atoms with E-state index in [1.807, 2.05) is 6.92 Å². The molecule has 1 rings (SSSR count). The molecule has 0 aliphatic heterocycles. The van der Waals surface area contributed by atoms with Crippen LogP contribution in [0.15, 0.2) is 18.7 Å². The van der Waals surface area contributed by atoms with E-state index in [-0.39, 0.29) is 5.75 Å². The van der Waals surface area contributed by atoms with Gasteiger partial charge in [-0.25, -0.2) is 0 Å².